The van der Waals surface area contributed by atoms with E-state index in [0.29, 0.717) is 12.4 Å². The Balaban J connectivity index is 1.78. The van der Waals surface area contributed by atoms with Gasteiger partial charge in [-0.25, -0.2) is 0 Å². The Morgan fingerprint density at radius 3 is 2.52 bits per heavy atom. The molecular weight excluding hydrogens is 294 g/mol. The van der Waals surface area contributed by atoms with E-state index in [9.17, 15) is 4.79 Å². The molecule has 0 bridgehead atoms. The molecular formula is C16H29N5O2. The number of aryl methyl sites for hydroxylation is 1. The van der Waals surface area contributed by atoms with E-state index in [2.05, 4.69) is 39.1 Å². The number of piperazine rings is 1. The summed E-state index contributed by atoms with van der Waals surface area (Å²) in [6.07, 6.45) is 1.75. The predicted octanol–water partition coefficient (Wildman–Crippen LogP) is 1.23. The van der Waals surface area contributed by atoms with E-state index >= 15 is 0 Å². The van der Waals surface area contributed by atoms with Crippen molar-refractivity contribution >= 4 is 5.91 Å². The second kappa shape index (κ2) is 8.40. The minimum atomic E-state index is 0.116. The van der Waals surface area contributed by atoms with Gasteiger partial charge in [0.1, 0.15) is 0 Å². The molecule has 1 aromatic heterocycles. The maximum atomic E-state index is 12.0. The Morgan fingerprint density at radius 1 is 1.26 bits per heavy atom. The molecule has 1 fully saturated rings. The van der Waals surface area contributed by atoms with E-state index in [-0.39, 0.29) is 18.0 Å². The van der Waals surface area contributed by atoms with Gasteiger partial charge in [-0.3, -0.25) is 14.6 Å². The largest absolute Gasteiger partial charge is 0.353 e. The van der Waals surface area contributed by atoms with Crippen molar-refractivity contribution in [3.05, 3.63) is 11.7 Å². The summed E-state index contributed by atoms with van der Waals surface area (Å²) in [5.74, 6) is 1.56. The van der Waals surface area contributed by atoms with Gasteiger partial charge in [-0.05, 0) is 20.3 Å². The van der Waals surface area contributed by atoms with E-state index in [1.807, 2.05) is 13.8 Å². The van der Waals surface area contributed by atoms with Crippen LogP contribution in [0.25, 0.3) is 0 Å². The molecule has 1 aliphatic heterocycles. The molecule has 1 aliphatic rings. The molecule has 0 radical (unpaired) electrons. The molecule has 130 valence electrons. The molecule has 7 heteroatoms. The fraction of sp³-hybridized carbons (Fsp3) is 0.812. The summed E-state index contributed by atoms with van der Waals surface area (Å²) in [7, 11) is 0. The lowest BCUT2D eigenvalue weighted by molar-refractivity contribution is -0.123. The fourth-order valence-electron chi connectivity index (χ4n) is 2.67. The number of carbonyl (C=O) groups excluding carboxylic acids is 1. The number of carbonyl (C=O) groups is 1. The van der Waals surface area contributed by atoms with Crippen molar-refractivity contribution in [3.63, 3.8) is 0 Å². The van der Waals surface area contributed by atoms with Crippen molar-refractivity contribution in [2.75, 3.05) is 32.7 Å². The number of amides is 1. The van der Waals surface area contributed by atoms with Crippen LogP contribution < -0.4 is 5.32 Å². The summed E-state index contributed by atoms with van der Waals surface area (Å²) in [4.78, 5) is 20.9. The topological polar surface area (TPSA) is 74.5 Å². The fourth-order valence-corrected chi connectivity index (χ4v) is 2.67. The number of hydrogen-bond acceptors (Lipinski definition) is 6. The number of aromatic nitrogens is 2. The lowest BCUT2D eigenvalue weighted by Crippen LogP contribution is -2.50. The predicted molar refractivity (Wildman–Crippen MR) is 88.0 cm³/mol. The zero-order valence-corrected chi connectivity index (χ0v) is 14.7. The van der Waals surface area contributed by atoms with E-state index in [4.69, 9.17) is 4.52 Å². The highest BCUT2D eigenvalue weighted by Gasteiger charge is 2.26. The third kappa shape index (κ3) is 5.00. The van der Waals surface area contributed by atoms with E-state index in [0.717, 1.165) is 44.8 Å². The van der Waals surface area contributed by atoms with Gasteiger partial charge in [-0.15, -0.1) is 0 Å². The number of nitrogens with one attached hydrogen (secondary N) is 1. The summed E-state index contributed by atoms with van der Waals surface area (Å²) in [5.41, 5.74) is 0. The normalized spacial score (nSPS) is 19.5. The van der Waals surface area contributed by atoms with Crippen LogP contribution in [0.4, 0.5) is 0 Å². The molecule has 0 aliphatic carbocycles. The summed E-state index contributed by atoms with van der Waals surface area (Å²) in [5, 5.41) is 6.98. The monoisotopic (exact) mass is 323 g/mol. The van der Waals surface area contributed by atoms with Crippen LogP contribution in [-0.2, 0) is 11.2 Å². The molecule has 23 heavy (non-hydrogen) atoms. The zero-order chi connectivity index (χ0) is 16.8. The van der Waals surface area contributed by atoms with Crippen LogP contribution in [0.15, 0.2) is 4.52 Å². The second-order valence-corrected chi connectivity index (χ2v) is 6.27. The van der Waals surface area contributed by atoms with Gasteiger partial charge in [-0.1, -0.05) is 19.0 Å². The third-order valence-electron chi connectivity index (χ3n) is 4.50. The Bertz CT molecular complexity index is 496. The van der Waals surface area contributed by atoms with Gasteiger partial charge in [0, 0.05) is 38.6 Å². The minimum absolute atomic E-state index is 0.116. The first-order valence-corrected chi connectivity index (χ1v) is 8.61. The summed E-state index contributed by atoms with van der Waals surface area (Å²) < 4.78 is 5.34. The van der Waals surface area contributed by atoms with Crippen LogP contribution >= 0.6 is 0 Å². The van der Waals surface area contributed by atoms with Crippen molar-refractivity contribution in [1.82, 2.24) is 25.3 Å². The van der Waals surface area contributed by atoms with Gasteiger partial charge in [0.25, 0.3) is 0 Å². The van der Waals surface area contributed by atoms with Gasteiger partial charge in [0.15, 0.2) is 5.82 Å². The Kier molecular flexibility index (Phi) is 6.53. The molecule has 1 saturated heterocycles. The molecule has 0 spiro atoms. The van der Waals surface area contributed by atoms with Crippen molar-refractivity contribution < 1.29 is 9.32 Å². The van der Waals surface area contributed by atoms with Crippen molar-refractivity contribution in [2.45, 2.75) is 52.6 Å². The smallest absolute Gasteiger partial charge is 0.243 e. The van der Waals surface area contributed by atoms with Crippen molar-refractivity contribution in [1.29, 1.82) is 0 Å². The van der Waals surface area contributed by atoms with E-state index < -0.39 is 0 Å². The summed E-state index contributed by atoms with van der Waals surface area (Å²) in [6.45, 7) is 12.3. The van der Waals surface area contributed by atoms with Gasteiger partial charge in [0.2, 0.25) is 11.8 Å². The lowest BCUT2D eigenvalue weighted by Gasteiger charge is -2.36. The standard InChI is InChI=1S/C16H29N5O2/c1-5-12(3)17-15(22)11-20-7-9-21(10-8-20)13(4)16-18-14(6-2)19-23-16/h12-13H,5-11H2,1-4H3,(H,17,22)/t12-,13+/m1/s1. The molecule has 7 nitrogen and oxygen atoms in total. The average molecular weight is 323 g/mol. The average Bonchev–Trinajstić information content (AvgIpc) is 3.03. The number of hydrogen-bond donors (Lipinski definition) is 1. The maximum Gasteiger partial charge on any atom is 0.243 e. The Labute approximate surface area is 138 Å². The van der Waals surface area contributed by atoms with Gasteiger partial charge < -0.3 is 9.84 Å². The first-order valence-electron chi connectivity index (χ1n) is 8.61. The molecule has 1 amide bonds. The van der Waals surface area contributed by atoms with Crippen LogP contribution in [0.5, 0.6) is 0 Å². The quantitative estimate of drug-likeness (QED) is 0.813. The highest BCUT2D eigenvalue weighted by molar-refractivity contribution is 5.78. The highest BCUT2D eigenvalue weighted by atomic mass is 16.5. The minimum Gasteiger partial charge on any atom is -0.353 e. The van der Waals surface area contributed by atoms with Crippen LogP contribution in [0.3, 0.4) is 0 Å². The maximum absolute atomic E-state index is 12.0. The Hall–Kier alpha value is -1.47. The SMILES string of the molecule is CCc1noc([C@H](C)N2CCN(CC(=O)N[C@H](C)CC)CC2)n1. The molecule has 0 aromatic carbocycles. The molecule has 2 atom stereocenters. The van der Waals surface area contributed by atoms with Crippen molar-refractivity contribution in [2.24, 2.45) is 0 Å². The molecule has 2 rings (SSSR count). The molecule has 0 saturated carbocycles. The second-order valence-electron chi connectivity index (χ2n) is 6.27. The van der Waals surface area contributed by atoms with Crippen LogP contribution in [0, 0.1) is 0 Å². The lowest BCUT2D eigenvalue weighted by atomic mass is 10.2. The zero-order valence-electron chi connectivity index (χ0n) is 14.7. The third-order valence-corrected chi connectivity index (χ3v) is 4.50. The molecule has 0 unspecified atom stereocenters. The van der Waals surface area contributed by atoms with E-state index in [1.165, 1.54) is 0 Å². The summed E-state index contributed by atoms with van der Waals surface area (Å²) in [6, 6.07) is 0.369. The Morgan fingerprint density at radius 2 is 1.96 bits per heavy atom. The molecule has 1 N–H and O–H groups in total. The first-order chi connectivity index (χ1) is 11.0. The number of rotatable bonds is 7. The van der Waals surface area contributed by atoms with Gasteiger partial charge in [-0.2, -0.15) is 4.98 Å². The van der Waals surface area contributed by atoms with Gasteiger partial charge >= 0.3 is 0 Å². The molecule has 2 heterocycles. The van der Waals surface area contributed by atoms with Crippen LogP contribution in [0.2, 0.25) is 0 Å². The first kappa shape index (κ1) is 17.9. The van der Waals surface area contributed by atoms with Crippen molar-refractivity contribution in [3.8, 4) is 0 Å². The highest BCUT2D eigenvalue weighted by Crippen LogP contribution is 2.20. The van der Waals surface area contributed by atoms with Crippen LogP contribution in [0.1, 0.15) is 51.9 Å². The molecule has 1 aromatic rings. The number of nitrogens with zero attached hydrogens (tertiary/aromatic N) is 4. The van der Waals surface area contributed by atoms with E-state index in [1.54, 1.807) is 0 Å². The summed E-state index contributed by atoms with van der Waals surface area (Å²) >= 11 is 0. The van der Waals surface area contributed by atoms with Gasteiger partial charge in [0.05, 0.1) is 12.6 Å². The van der Waals surface area contributed by atoms with Crippen LogP contribution in [-0.4, -0.2) is 64.6 Å².